The quantitative estimate of drug-likeness (QED) is 0.0878. The van der Waals surface area contributed by atoms with Crippen molar-refractivity contribution in [1.29, 1.82) is 0 Å². The molecule has 0 unspecified atom stereocenters. The molecule has 4 heteroatoms. The third kappa shape index (κ3) is 11.4. The van der Waals surface area contributed by atoms with Crippen LogP contribution in [0.25, 0.3) is 88.4 Å². The minimum Gasteiger partial charge on any atom is -0.309 e. The van der Waals surface area contributed by atoms with E-state index in [4.69, 9.17) is 0 Å². The van der Waals surface area contributed by atoms with E-state index in [1.54, 1.807) is 0 Å². The Hall–Kier alpha value is -10.5. The highest BCUT2D eigenvalue weighted by Gasteiger charge is 2.43. The summed E-state index contributed by atoms with van der Waals surface area (Å²) in [6.45, 7) is 27.9. The molecule has 15 aromatic rings. The summed E-state index contributed by atoms with van der Waals surface area (Å²) >= 11 is 0. The number of hydrogen-bond donors (Lipinski definition) is 0. The first-order valence-corrected chi connectivity index (χ1v) is 36.9. The Morgan fingerprint density at radius 3 is 0.990 bits per heavy atom. The molecule has 0 atom stereocenters. The van der Waals surface area contributed by atoms with Crippen molar-refractivity contribution in [2.45, 2.75) is 105 Å². The number of para-hydroxylation sites is 1. The van der Waals surface area contributed by atoms with Crippen LogP contribution in [-0.2, 0) is 21.7 Å². The summed E-state index contributed by atoms with van der Waals surface area (Å²) < 4.78 is 5.05. The first kappa shape index (κ1) is 63.5. The SMILES string of the molecule is CC(C)(C)c1ccc2c(c1)c1cc(C(C)(C)C)ccc1n2-c1cccc(N(c2cc(-c3ccccc3)cc([Si](c3ccccc3)(c3ccccc3)c3cccc(-n4c5ccc(C(C)(C)C)cc5c5cc(C(C)(C)C)ccc54)c3)c2)c2c(-c3ccccc3)cccc2-c2ccccc2)c1. The van der Waals surface area contributed by atoms with Crippen LogP contribution in [0.15, 0.2) is 309 Å². The van der Waals surface area contributed by atoms with Gasteiger partial charge in [0, 0.05) is 55.4 Å². The normalized spacial score (nSPS) is 12.5. The maximum absolute atomic E-state index is 3.44. The molecule has 0 bridgehead atoms. The second-order valence-corrected chi connectivity index (χ2v) is 34.9. The molecule has 13 aromatic carbocycles. The zero-order chi connectivity index (χ0) is 67.9. The molecule has 3 nitrogen and oxygen atoms in total. The van der Waals surface area contributed by atoms with E-state index >= 15 is 0 Å². The van der Waals surface area contributed by atoms with Gasteiger partial charge in [-0.15, -0.1) is 0 Å². The molecule has 0 N–H and O–H groups in total. The van der Waals surface area contributed by atoms with E-state index in [0.717, 1.165) is 61.8 Å². The van der Waals surface area contributed by atoms with Gasteiger partial charge in [0.2, 0.25) is 0 Å². The summed E-state index contributed by atoms with van der Waals surface area (Å²) in [7, 11) is -3.44. The maximum atomic E-state index is 2.61. The molecule has 0 saturated carbocycles. The summed E-state index contributed by atoms with van der Waals surface area (Å²) in [4.78, 5) is 2.61. The van der Waals surface area contributed by atoms with Gasteiger partial charge < -0.3 is 14.0 Å². The standard InChI is InChI=1S/C94H87N3Si/c1-91(2,3)68-47-51-86-82(57-68)83-58-69(92(4,5)6)48-52-87(83)96(86)73-38-28-37-72(61-73)95(90-80(65-33-20-14-21-34-65)45-30-46-81(90)66-35-22-15-23-36-66)75-55-67(64-31-18-13-19-32-64)56-79(63-75)98(76-40-24-16-25-41-76,77-42-26-17-27-43-77)78-44-29-39-74(62-78)97-88-53-49-70(93(7,8)9)59-84(88)85-60-71(94(10,11)12)50-54-89(85)97/h13-63H,1-12H3. The van der Waals surface area contributed by atoms with Crippen LogP contribution in [0, 0.1) is 0 Å². The highest BCUT2D eigenvalue weighted by molar-refractivity contribution is 7.20. The van der Waals surface area contributed by atoms with Crippen molar-refractivity contribution >= 4 is 89.5 Å². The monoisotopic (exact) mass is 1290 g/mol. The third-order valence-electron chi connectivity index (χ3n) is 20.4. The van der Waals surface area contributed by atoms with Crippen LogP contribution in [0.1, 0.15) is 105 Å². The maximum Gasteiger partial charge on any atom is 0.179 e. The van der Waals surface area contributed by atoms with E-state index in [1.807, 2.05) is 0 Å². The summed E-state index contributed by atoms with van der Waals surface area (Å²) in [5, 5.41) is 10.2. The van der Waals surface area contributed by atoms with Crippen molar-refractivity contribution in [2.75, 3.05) is 4.90 Å². The Kier molecular flexibility index (Phi) is 15.9. The van der Waals surface area contributed by atoms with Gasteiger partial charge in [-0.25, -0.2) is 0 Å². The molecular formula is C94H87N3Si. The number of anilines is 3. The van der Waals surface area contributed by atoms with E-state index < -0.39 is 8.07 Å². The van der Waals surface area contributed by atoms with Crippen LogP contribution in [-0.4, -0.2) is 17.2 Å². The summed E-state index contributed by atoms with van der Waals surface area (Å²) in [5.74, 6) is 0. The van der Waals surface area contributed by atoms with Crippen molar-refractivity contribution in [3.63, 3.8) is 0 Å². The first-order valence-electron chi connectivity index (χ1n) is 34.9. The minimum atomic E-state index is -3.44. The van der Waals surface area contributed by atoms with Crippen LogP contribution >= 0.6 is 0 Å². The van der Waals surface area contributed by atoms with Crippen molar-refractivity contribution in [1.82, 2.24) is 9.13 Å². The first-order chi connectivity index (χ1) is 47.1. The smallest absolute Gasteiger partial charge is 0.179 e. The van der Waals surface area contributed by atoms with Crippen LogP contribution in [0.2, 0.25) is 0 Å². The molecule has 0 saturated heterocycles. The van der Waals surface area contributed by atoms with Gasteiger partial charge in [0.15, 0.2) is 8.07 Å². The topological polar surface area (TPSA) is 13.1 Å². The average molecular weight is 1290 g/mol. The second-order valence-electron chi connectivity index (χ2n) is 31.1. The number of nitrogens with zero attached hydrogens (tertiary/aromatic N) is 3. The molecule has 2 aromatic heterocycles. The zero-order valence-corrected chi connectivity index (χ0v) is 59.8. The lowest BCUT2D eigenvalue weighted by Crippen LogP contribution is -2.74. The number of benzene rings is 13. The van der Waals surface area contributed by atoms with Crippen molar-refractivity contribution in [2.24, 2.45) is 0 Å². The van der Waals surface area contributed by atoms with Gasteiger partial charge in [-0.3, -0.25) is 0 Å². The molecule has 98 heavy (non-hydrogen) atoms. The molecule has 0 aliphatic carbocycles. The van der Waals surface area contributed by atoms with E-state index in [2.05, 4.69) is 407 Å². The third-order valence-corrected chi connectivity index (χ3v) is 25.2. The van der Waals surface area contributed by atoms with Gasteiger partial charge in [-0.2, -0.15) is 0 Å². The summed E-state index contributed by atoms with van der Waals surface area (Å²) in [6, 6.07) is 118. The molecular weight excluding hydrogens is 1200 g/mol. The van der Waals surface area contributed by atoms with Gasteiger partial charge in [0.05, 0.1) is 27.8 Å². The second kappa shape index (κ2) is 24.5. The van der Waals surface area contributed by atoms with Gasteiger partial charge >= 0.3 is 0 Å². The van der Waals surface area contributed by atoms with Crippen LogP contribution in [0.5, 0.6) is 0 Å². The van der Waals surface area contributed by atoms with Crippen LogP contribution in [0.3, 0.4) is 0 Å². The van der Waals surface area contributed by atoms with Crippen LogP contribution < -0.4 is 25.6 Å². The van der Waals surface area contributed by atoms with Crippen molar-refractivity contribution < 1.29 is 0 Å². The lowest BCUT2D eigenvalue weighted by molar-refractivity contribution is 0.590. The molecule has 2 heterocycles. The molecule has 0 fully saturated rings. The number of fused-ring (bicyclic) bond motifs is 6. The van der Waals surface area contributed by atoms with E-state index in [0.29, 0.717) is 0 Å². The fraction of sp³-hybridized carbons (Fsp3) is 0.170. The van der Waals surface area contributed by atoms with Crippen molar-refractivity contribution in [3.8, 4) is 44.8 Å². The fourth-order valence-corrected chi connectivity index (χ4v) is 20.0. The molecule has 0 amide bonds. The van der Waals surface area contributed by atoms with E-state index in [-0.39, 0.29) is 21.7 Å². The van der Waals surface area contributed by atoms with Gasteiger partial charge in [-0.05, 0) is 178 Å². The number of hydrogen-bond acceptors (Lipinski definition) is 1. The Morgan fingerprint density at radius 2 is 0.592 bits per heavy atom. The highest BCUT2D eigenvalue weighted by Crippen LogP contribution is 2.49. The van der Waals surface area contributed by atoms with Gasteiger partial charge in [0.25, 0.3) is 0 Å². The minimum absolute atomic E-state index is 0.0289. The average Bonchev–Trinajstić information content (AvgIpc) is 1.43. The Labute approximate surface area is 581 Å². The van der Waals surface area contributed by atoms with Gasteiger partial charge in [0.1, 0.15) is 0 Å². The van der Waals surface area contributed by atoms with Crippen molar-refractivity contribution in [3.05, 3.63) is 332 Å². The largest absolute Gasteiger partial charge is 0.309 e. The zero-order valence-electron chi connectivity index (χ0n) is 58.8. The predicted molar refractivity (Wildman–Crippen MR) is 425 cm³/mol. The molecule has 15 rings (SSSR count). The number of aromatic nitrogens is 2. The fourth-order valence-electron chi connectivity index (χ4n) is 15.1. The molecule has 0 radical (unpaired) electrons. The van der Waals surface area contributed by atoms with E-state index in [1.165, 1.54) is 86.6 Å². The van der Waals surface area contributed by atoms with Gasteiger partial charge in [-0.1, -0.05) is 301 Å². The highest BCUT2D eigenvalue weighted by atomic mass is 28.3. The summed E-state index contributed by atoms with van der Waals surface area (Å²) in [6.07, 6.45) is 0. The number of rotatable bonds is 12. The van der Waals surface area contributed by atoms with Crippen LogP contribution in [0.4, 0.5) is 17.1 Å². The van der Waals surface area contributed by atoms with E-state index in [9.17, 15) is 0 Å². The lowest BCUT2D eigenvalue weighted by atomic mass is 9.85. The molecule has 0 spiro atoms. The molecule has 0 aliphatic rings. The molecule has 0 aliphatic heterocycles. The summed E-state index contributed by atoms with van der Waals surface area (Å²) in [5.41, 5.74) is 22.1. The Morgan fingerprint density at radius 1 is 0.245 bits per heavy atom. The molecule has 482 valence electrons. The Bertz CT molecular complexity index is 5220. The predicted octanol–water partition coefficient (Wildman–Crippen LogP) is 22.9. The Balaban J connectivity index is 1.06. The lowest BCUT2D eigenvalue weighted by Gasteiger charge is -2.37.